The molecule has 1 atom stereocenters. The van der Waals surface area contributed by atoms with Gasteiger partial charge in [0.15, 0.2) is 0 Å². The van der Waals surface area contributed by atoms with Gasteiger partial charge in [0.1, 0.15) is 18.5 Å². The smallest absolute Gasteiger partial charge is 0.224 e. The van der Waals surface area contributed by atoms with Gasteiger partial charge in [0.05, 0.1) is 0 Å². The van der Waals surface area contributed by atoms with Crippen LogP contribution in [0.5, 0.6) is 5.75 Å². The first-order valence-corrected chi connectivity index (χ1v) is 6.08. The maximum Gasteiger partial charge on any atom is 0.224 e. The van der Waals surface area contributed by atoms with Gasteiger partial charge in [0.25, 0.3) is 0 Å². The topological polar surface area (TPSA) is 70.6 Å². The first-order chi connectivity index (χ1) is 8.70. The summed E-state index contributed by atoms with van der Waals surface area (Å²) in [7, 11) is 1.78. The Labute approximate surface area is 106 Å². The predicted molar refractivity (Wildman–Crippen MR) is 68.8 cm³/mol. The van der Waals surface area contributed by atoms with Gasteiger partial charge in [-0.15, -0.1) is 0 Å². The molecule has 0 spiro atoms. The largest absolute Gasteiger partial charge is 0.490 e. The number of nitrogens with one attached hydrogen (secondary N) is 2. The van der Waals surface area contributed by atoms with Crippen molar-refractivity contribution >= 4 is 11.6 Å². The van der Waals surface area contributed by atoms with Crippen LogP contribution < -0.4 is 15.4 Å². The second-order valence-corrected chi connectivity index (χ2v) is 4.35. The van der Waals surface area contributed by atoms with Crippen LogP contribution in [0.4, 0.5) is 5.69 Å². The van der Waals surface area contributed by atoms with E-state index in [0.29, 0.717) is 19.4 Å². The van der Waals surface area contributed by atoms with Gasteiger partial charge in [-0.25, -0.2) is 0 Å². The highest BCUT2D eigenvalue weighted by Crippen LogP contribution is 2.30. The third kappa shape index (κ3) is 3.00. The highest BCUT2D eigenvalue weighted by molar-refractivity contribution is 5.94. The van der Waals surface area contributed by atoms with E-state index >= 15 is 0 Å². The Bertz CT molecular complexity index is 434. The Morgan fingerprint density at radius 3 is 3.11 bits per heavy atom. The highest BCUT2D eigenvalue weighted by atomic mass is 16.5. The molecule has 98 valence electrons. The molecule has 0 aromatic heterocycles. The Morgan fingerprint density at radius 2 is 2.33 bits per heavy atom. The first kappa shape index (κ1) is 12.9. The van der Waals surface area contributed by atoms with Gasteiger partial charge < -0.3 is 20.5 Å². The zero-order chi connectivity index (χ0) is 13.0. The Balaban J connectivity index is 2.05. The summed E-state index contributed by atoms with van der Waals surface area (Å²) < 4.78 is 5.61. The summed E-state index contributed by atoms with van der Waals surface area (Å²) in [5.74, 6) is 0.775. The molecule has 1 amide bonds. The van der Waals surface area contributed by atoms with Crippen molar-refractivity contribution in [3.05, 3.63) is 23.8 Å². The number of likely N-dealkylation sites (N-methyl/N-ethyl adjacent to an activating group) is 1. The maximum atomic E-state index is 11.3. The van der Waals surface area contributed by atoms with Crippen molar-refractivity contribution in [2.24, 2.45) is 0 Å². The highest BCUT2D eigenvalue weighted by Gasteiger charge is 2.18. The molecule has 0 aliphatic carbocycles. The standard InChI is InChI=1S/C13H18N2O3/c1-14-7-9(16)8-18-12-4-2-3-11-10(12)5-6-13(17)15-11/h2-4,9,14,16H,5-8H2,1H3,(H,15,17). The van der Waals surface area contributed by atoms with Gasteiger partial charge in [0.2, 0.25) is 5.91 Å². The molecule has 1 aromatic rings. The van der Waals surface area contributed by atoms with E-state index in [2.05, 4.69) is 10.6 Å². The fourth-order valence-electron chi connectivity index (χ4n) is 2.01. The SMILES string of the molecule is CNCC(O)COc1cccc2c1CCC(=O)N2. The second kappa shape index (κ2) is 5.84. The van der Waals surface area contributed by atoms with Crippen LogP contribution in [0, 0.1) is 0 Å². The van der Waals surface area contributed by atoms with E-state index < -0.39 is 6.10 Å². The van der Waals surface area contributed by atoms with Crippen molar-refractivity contribution in [3.63, 3.8) is 0 Å². The molecular formula is C13H18N2O3. The van der Waals surface area contributed by atoms with Crippen molar-refractivity contribution < 1.29 is 14.6 Å². The zero-order valence-electron chi connectivity index (χ0n) is 10.4. The second-order valence-electron chi connectivity index (χ2n) is 4.35. The number of aliphatic hydroxyl groups excluding tert-OH is 1. The number of carbonyl (C=O) groups excluding carboxylic acids is 1. The lowest BCUT2D eigenvalue weighted by atomic mass is 10.0. The van der Waals surface area contributed by atoms with Crippen LogP contribution in [0.1, 0.15) is 12.0 Å². The third-order valence-electron chi connectivity index (χ3n) is 2.88. The van der Waals surface area contributed by atoms with Crippen molar-refractivity contribution in [2.75, 3.05) is 25.5 Å². The van der Waals surface area contributed by atoms with Gasteiger partial charge in [-0.3, -0.25) is 4.79 Å². The van der Waals surface area contributed by atoms with Crippen LogP contribution in [0.15, 0.2) is 18.2 Å². The average molecular weight is 250 g/mol. The quantitative estimate of drug-likeness (QED) is 0.713. The lowest BCUT2D eigenvalue weighted by Crippen LogP contribution is -2.29. The van der Waals surface area contributed by atoms with Crippen LogP contribution in [-0.4, -0.2) is 37.3 Å². The molecule has 0 fully saturated rings. The minimum Gasteiger partial charge on any atom is -0.490 e. The van der Waals surface area contributed by atoms with Crippen molar-refractivity contribution in [3.8, 4) is 5.75 Å². The van der Waals surface area contributed by atoms with Gasteiger partial charge in [0, 0.05) is 24.2 Å². The number of rotatable bonds is 5. The molecular weight excluding hydrogens is 232 g/mol. The molecule has 3 N–H and O–H groups in total. The summed E-state index contributed by atoms with van der Waals surface area (Å²) >= 11 is 0. The number of benzene rings is 1. The molecule has 5 nitrogen and oxygen atoms in total. The van der Waals surface area contributed by atoms with Crippen molar-refractivity contribution in [1.29, 1.82) is 0 Å². The van der Waals surface area contributed by atoms with E-state index in [1.807, 2.05) is 18.2 Å². The molecule has 1 heterocycles. The minimum atomic E-state index is -0.538. The normalized spacial score (nSPS) is 15.8. The number of anilines is 1. The van der Waals surface area contributed by atoms with Crippen LogP contribution in [0.3, 0.4) is 0 Å². The maximum absolute atomic E-state index is 11.3. The lowest BCUT2D eigenvalue weighted by Gasteiger charge is -2.21. The predicted octanol–water partition coefficient (Wildman–Crippen LogP) is 0.530. The van der Waals surface area contributed by atoms with Gasteiger partial charge in [-0.1, -0.05) is 6.07 Å². The zero-order valence-corrected chi connectivity index (χ0v) is 10.4. The van der Waals surface area contributed by atoms with E-state index in [-0.39, 0.29) is 12.5 Å². The van der Waals surface area contributed by atoms with E-state index in [9.17, 15) is 9.90 Å². The summed E-state index contributed by atoms with van der Waals surface area (Å²) in [5.41, 5.74) is 1.82. The number of hydrogen-bond donors (Lipinski definition) is 3. The molecule has 18 heavy (non-hydrogen) atoms. The number of fused-ring (bicyclic) bond motifs is 1. The molecule has 1 aliphatic rings. The van der Waals surface area contributed by atoms with E-state index in [1.54, 1.807) is 7.05 Å². The number of aliphatic hydroxyl groups is 1. The summed E-state index contributed by atoms with van der Waals surface area (Å²) in [4.78, 5) is 11.3. The molecule has 1 aromatic carbocycles. The van der Waals surface area contributed by atoms with Crippen molar-refractivity contribution in [1.82, 2.24) is 5.32 Å². The summed E-state index contributed by atoms with van der Waals surface area (Å²) in [6.07, 6.45) is 0.621. The van der Waals surface area contributed by atoms with Crippen LogP contribution in [0.25, 0.3) is 0 Å². The number of amides is 1. The molecule has 0 bridgehead atoms. The van der Waals surface area contributed by atoms with Gasteiger partial charge in [-0.2, -0.15) is 0 Å². The van der Waals surface area contributed by atoms with E-state index in [1.165, 1.54) is 0 Å². The Hall–Kier alpha value is -1.59. The molecule has 1 unspecified atom stereocenters. The minimum absolute atomic E-state index is 0.0369. The van der Waals surface area contributed by atoms with E-state index in [4.69, 9.17) is 4.74 Å². The fourth-order valence-corrected chi connectivity index (χ4v) is 2.01. The molecule has 0 saturated carbocycles. The monoisotopic (exact) mass is 250 g/mol. The number of hydrogen-bond acceptors (Lipinski definition) is 4. The number of ether oxygens (including phenoxy) is 1. The Kier molecular flexibility index (Phi) is 4.17. The molecule has 2 rings (SSSR count). The van der Waals surface area contributed by atoms with Gasteiger partial charge in [-0.05, 0) is 25.6 Å². The van der Waals surface area contributed by atoms with Crippen LogP contribution in [-0.2, 0) is 11.2 Å². The summed E-state index contributed by atoms with van der Waals surface area (Å²) in [6.45, 7) is 0.733. The average Bonchev–Trinajstić information content (AvgIpc) is 2.36. The fraction of sp³-hybridized carbons (Fsp3) is 0.462. The number of carbonyl (C=O) groups is 1. The molecule has 0 saturated heterocycles. The molecule has 0 radical (unpaired) electrons. The third-order valence-corrected chi connectivity index (χ3v) is 2.88. The summed E-state index contributed by atoms with van der Waals surface area (Å²) in [5, 5.41) is 15.3. The molecule has 1 aliphatic heterocycles. The van der Waals surface area contributed by atoms with E-state index in [0.717, 1.165) is 17.0 Å². The van der Waals surface area contributed by atoms with Crippen molar-refractivity contribution in [2.45, 2.75) is 18.9 Å². The first-order valence-electron chi connectivity index (χ1n) is 6.08. The summed E-state index contributed by atoms with van der Waals surface area (Å²) in [6, 6.07) is 5.57. The lowest BCUT2D eigenvalue weighted by molar-refractivity contribution is -0.116. The van der Waals surface area contributed by atoms with Crippen LogP contribution >= 0.6 is 0 Å². The van der Waals surface area contributed by atoms with Crippen LogP contribution in [0.2, 0.25) is 0 Å². The molecule has 5 heteroatoms. The Morgan fingerprint density at radius 1 is 1.50 bits per heavy atom. The van der Waals surface area contributed by atoms with Gasteiger partial charge >= 0.3 is 0 Å².